The van der Waals surface area contributed by atoms with E-state index in [0.717, 1.165) is 74.1 Å². The molecule has 6 nitrogen and oxygen atoms in total. The molecule has 2 aromatic heterocycles. The van der Waals surface area contributed by atoms with Crippen LogP contribution in [0.5, 0.6) is 0 Å². The van der Waals surface area contributed by atoms with Gasteiger partial charge in [-0.15, -0.1) is 0 Å². The minimum absolute atomic E-state index is 0.126. The van der Waals surface area contributed by atoms with E-state index < -0.39 is 0 Å². The first-order valence-electron chi connectivity index (χ1n) is 10.8. The number of carbonyl (C=O) groups excluding carboxylic acids is 1. The van der Waals surface area contributed by atoms with Crippen molar-refractivity contribution in [1.82, 2.24) is 19.8 Å². The van der Waals surface area contributed by atoms with Crippen molar-refractivity contribution in [3.63, 3.8) is 0 Å². The number of pyridine rings is 1. The van der Waals surface area contributed by atoms with Crippen molar-refractivity contribution in [2.45, 2.75) is 19.4 Å². The number of benzene rings is 1. The van der Waals surface area contributed by atoms with Gasteiger partial charge < -0.3 is 9.80 Å². The number of carbonyl (C=O) groups is 1. The fourth-order valence-electron chi connectivity index (χ4n) is 4.51. The molecule has 1 aromatic carbocycles. The summed E-state index contributed by atoms with van der Waals surface area (Å²) in [6.45, 7) is 6.12. The van der Waals surface area contributed by atoms with Gasteiger partial charge in [0, 0.05) is 45.5 Å². The van der Waals surface area contributed by atoms with Gasteiger partial charge in [-0.3, -0.25) is 9.69 Å². The van der Waals surface area contributed by atoms with Crippen molar-refractivity contribution >= 4 is 32.7 Å². The minimum Gasteiger partial charge on any atom is -0.344 e. The molecular formula is C23H27N5OS. The molecular weight excluding hydrogens is 394 g/mol. The largest absolute Gasteiger partial charge is 0.344 e. The summed E-state index contributed by atoms with van der Waals surface area (Å²) in [7, 11) is 0. The fourth-order valence-corrected chi connectivity index (χ4v) is 5.47. The zero-order valence-corrected chi connectivity index (χ0v) is 17.9. The lowest BCUT2D eigenvalue weighted by Gasteiger charge is -2.39. The Morgan fingerprint density at radius 3 is 2.67 bits per heavy atom. The molecule has 2 aliphatic rings. The minimum atomic E-state index is 0.126. The van der Waals surface area contributed by atoms with Crippen LogP contribution >= 0.6 is 11.3 Å². The van der Waals surface area contributed by atoms with Gasteiger partial charge in [0.05, 0.1) is 5.92 Å². The number of fused-ring (bicyclic) bond motifs is 1. The molecule has 0 bridgehead atoms. The lowest BCUT2D eigenvalue weighted by Crippen LogP contribution is -2.52. The Hall–Kier alpha value is -2.51. The molecule has 0 N–H and O–H groups in total. The number of thiazole rings is 1. The molecule has 2 fully saturated rings. The second-order valence-electron chi connectivity index (χ2n) is 8.20. The van der Waals surface area contributed by atoms with E-state index in [9.17, 15) is 4.79 Å². The summed E-state index contributed by atoms with van der Waals surface area (Å²) in [6, 6.07) is 14.5. The molecule has 1 unspecified atom stereocenters. The highest BCUT2D eigenvalue weighted by Crippen LogP contribution is 2.28. The van der Waals surface area contributed by atoms with Crippen molar-refractivity contribution in [2.24, 2.45) is 5.92 Å². The van der Waals surface area contributed by atoms with E-state index in [1.54, 1.807) is 11.3 Å². The number of amides is 1. The molecule has 3 aromatic rings. The average Bonchev–Trinajstić information content (AvgIpc) is 3.24. The van der Waals surface area contributed by atoms with Crippen LogP contribution in [0.3, 0.4) is 0 Å². The lowest BCUT2D eigenvalue weighted by atomic mass is 9.95. The quantitative estimate of drug-likeness (QED) is 0.647. The van der Waals surface area contributed by atoms with Crippen molar-refractivity contribution < 1.29 is 4.79 Å². The van der Waals surface area contributed by atoms with Crippen LogP contribution in [0.1, 0.15) is 18.4 Å². The molecule has 5 rings (SSSR count). The standard InChI is InChI=1S/C23H27N5OS/c29-22(19-8-5-11-26(17-19)16-18-6-2-1-3-7-18)27-12-14-28(15-13-27)23-25-20-9-4-10-24-21(20)30-23/h1-4,6-7,9-10,19H,5,8,11-17H2. The molecule has 2 aliphatic heterocycles. The Morgan fingerprint density at radius 2 is 1.87 bits per heavy atom. The first-order chi connectivity index (χ1) is 14.8. The van der Waals surface area contributed by atoms with Crippen LogP contribution in [-0.2, 0) is 11.3 Å². The van der Waals surface area contributed by atoms with E-state index in [-0.39, 0.29) is 5.92 Å². The van der Waals surface area contributed by atoms with Gasteiger partial charge in [-0.05, 0) is 37.1 Å². The second-order valence-corrected chi connectivity index (χ2v) is 9.15. The number of rotatable bonds is 4. The topological polar surface area (TPSA) is 52.6 Å². The van der Waals surface area contributed by atoms with E-state index in [0.29, 0.717) is 5.91 Å². The zero-order chi connectivity index (χ0) is 20.3. The third-order valence-corrected chi connectivity index (χ3v) is 7.16. The highest BCUT2D eigenvalue weighted by Gasteiger charge is 2.31. The van der Waals surface area contributed by atoms with Gasteiger partial charge in [0.2, 0.25) is 5.91 Å². The summed E-state index contributed by atoms with van der Waals surface area (Å²) in [5.74, 6) is 0.457. The molecule has 1 amide bonds. The Bertz CT molecular complexity index is 966. The molecule has 4 heterocycles. The Balaban J connectivity index is 1.17. The van der Waals surface area contributed by atoms with E-state index in [1.807, 2.05) is 18.3 Å². The summed E-state index contributed by atoms with van der Waals surface area (Å²) in [4.78, 5) is 30.1. The monoisotopic (exact) mass is 421 g/mol. The molecule has 0 aliphatic carbocycles. The summed E-state index contributed by atoms with van der Waals surface area (Å²) >= 11 is 1.64. The molecule has 156 valence electrons. The number of anilines is 1. The molecule has 30 heavy (non-hydrogen) atoms. The van der Waals surface area contributed by atoms with Gasteiger partial charge in [-0.2, -0.15) is 0 Å². The van der Waals surface area contributed by atoms with Crippen molar-refractivity contribution in [2.75, 3.05) is 44.2 Å². The SMILES string of the molecule is O=C(C1CCCN(Cc2ccccc2)C1)N1CCN(c2nc3cccnc3s2)CC1. The molecule has 0 spiro atoms. The van der Waals surface area contributed by atoms with Crippen LogP contribution < -0.4 is 4.90 Å². The van der Waals surface area contributed by atoms with Crippen LogP contribution in [0.25, 0.3) is 10.3 Å². The molecule has 1 atom stereocenters. The Kier molecular flexibility index (Phi) is 5.64. The van der Waals surface area contributed by atoms with Crippen LogP contribution in [0.15, 0.2) is 48.7 Å². The fraction of sp³-hybridized carbons (Fsp3) is 0.435. The maximum absolute atomic E-state index is 13.2. The number of hydrogen-bond acceptors (Lipinski definition) is 6. The Labute approximate surface area is 181 Å². The number of nitrogens with zero attached hydrogens (tertiary/aromatic N) is 5. The third kappa shape index (κ3) is 4.18. The lowest BCUT2D eigenvalue weighted by molar-refractivity contribution is -0.137. The van der Waals surface area contributed by atoms with Gasteiger partial charge in [0.1, 0.15) is 10.3 Å². The van der Waals surface area contributed by atoms with Crippen molar-refractivity contribution in [1.29, 1.82) is 0 Å². The first-order valence-corrected chi connectivity index (χ1v) is 11.6. The second kappa shape index (κ2) is 8.70. The van der Waals surface area contributed by atoms with E-state index in [2.05, 4.69) is 50.0 Å². The molecule has 0 saturated carbocycles. The van der Waals surface area contributed by atoms with Gasteiger partial charge in [-0.1, -0.05) is 41.7 Å². The number of piperazine rings is 1. The number of aromatic nitrogens is 2. The van der Waals surface area contributed by atoms with Crippen LogP contribution in [-0.4, -0.2) is 64.9 Å². The van der Waals surface area contributed by atoms with Crippen LogP contribution in [0.4, 0.5) is 5.13 Å². The van der Waals surface area contributed by atoms with Crippen molar-refractivity contribution in [3.8, 4) is 0 Å². The van der Waals surface area contributed by atoms with Crippen LogP contribution in [0.2, 0.25) is 0 Å². The average molecular weight is 422 g/mol. The number of likely N-dealkylation sites (tertiary alicyclic amines) is 1. The van der Waals surface area contributed by atoms with E-state index >= 15 is 0 Å². The summed E-state index contributed by atoms with van der Waals surface area (Å²) in [6.07, 6.45) is 3.92. The Morgan fingerprint density at radius 1 is 1.03 bits per heavy atom. The summed E-state index contributed by atoms with van der Waals surface area (Å²) in [5, 5.41) is 1.02. The van der Waals surface area contributed by atoms with Gasteiger partial charge in [-0.25, -0.2) is 9.97 Å². The number of hydrogen-bond donors (Lipinski definition) is 0. The smallest absolute Gasteiger partial charge is 0.227 e. The molecule has 7 heteroatoms. The van der Waals surface area contributed by atoms with E-state index in [4.69, 9.17) is 4.98 Å². The summed E-state index contributed by atoms with van der Waals surface area (Å²) < 4.78 is 0. The highest BCUT2D eigenvalue weighted by atomic mass is 32.1. The maximum Gasteiger partial charge on any atom is 0.227 e. The van der Waals surface area contributed by atoms with Crippen molar-refractivity contribution in [3.05, 3.63) is 54.2 Å². The normalized spacial score (nSPS) is 20.6. The predicted molar refractivity (Wildman–Crippen MR) is 121 cm³/mol. The van der Waals surface area contributed by atoms with Gasteiger partial charge in [0.25, 0.3) is 0 Å². The van der Waals surface area contributed by atoms with Gasteiger partial charge >= 0.3 is 0 Å². The van der Waals surface area contributed by atoms with Crippen LogP contribution in [0, 0.1) is 5.92 Å². The third-order valence-electron chi connectivity index (χ3n) is 6.12. The summed E-state index contributed by atoms with van der Waals surface area (Å²) in [5.41, 5.74) is 2.28. The highest BCUT2D eigenvalue weighted by molar-refractivity contribution is 7.21. The molecule has 0 radical (unpaired) electrons. The number of piperidine rings is 1. The van der Waals surface area contributed by atoms with E-state index in [1.165, 1.54) is 5.56 Å². The van der Waals surface area contributed by atoms with Gasteiger partial charge in [0.15, 0.2) is 5.13 Å². The maximum atomic E-state index is 13.2. The molecule has 2 saturated heterocycles. The zero-order valence-electron chi connectivity index (χ0n) is 17.1. The first kappa shape index (κ1) is 19.5. The predicted octanol–water partition coefficient (Wildman–Crippen LogP) is 3.25.